The third-order valence-corrected chi connectivity index (χ3v) is 13.8. The van der Waals surface area contributed by atoms with E-state index in [-0.39, 0.29) is 10.8 Å². The number of esters is 1. The molecule has 11 heteroatoms. The molecule has 0 aliphatic carbocycles. The summed E-state index contributed by atoms with van der Waals surface area (Å²) in [6.45, 7) is 8.83. The highest BCUT2D eigenvalue weighted by Gasteiger charge is 2.32. The van der Waals surface area contributed by atoms with E-state index in [0.717, 1.165) is 129 Å². The van der Waals surface area contributed by atoms with E-state index in [0.29, 0.717) is 17.7 Å². The molecule has 0 atom stereocenters. The molecule has 6 aromatic heterocycles. The number of methoxy groups -OCH3 is 2. The summed E-state index contributed by atoms with van der Waals surface area (Å²) in [5.41, 5.74) is 19.4. The van der Waals surface area contributed by atoms with Crippen LogP contribution in [0.1, 0.15) is 106 Å². The first-order valence-corrected chi connectivity index (χ1v) is 24.5. The summed E-state index contributed by atoms with van der Waals surface area (Å²) in [5.74, 6) is 13.9. The molecule has 0 unspecified atom stereocenters. The zero-order chi connectivity index (χ0) is 50.7. The zero-order valence-corrected chi connectivity index (χ0v) is 41.8. The maximum atomic E-state index is 12.1. The second-order valence-electron chi connectivity index (χ2n) is 20.3. The van der Waals surface area contributed by atoms with Crippen molar-refractivity contribution in [1.82, 2.24) is 39.9 Å². The van der Waals surface area contributed by atoms with Gasteiger partial charge in [-0.1, -0.05) is 63.5 Å². The molecule has 2 aromatic carbocycles. The van der Waals surface area contributed by atoms with Crippen molar-refractivity contribution in [2.75, 3.05) is 14.2 Å². The summed E-state index contributed by atoms with van der Waals surface area (Å²) in [6, 6.07) is 40.4. The van der Waals surface area contributed by atoms with Crippen LogP contribution in [0.5, 0.6) is 5.75 Å². The Hall–Kier alpha value is -9.45. The lowest BCUT2D eigenvalue weighted by molar-refractivity contribution is 0.0600. The van der Waals surface area contributed by atoms with Crippen LogP contribution in [-0.4, -0.2) is 60.1 Å². The Morgan fingerprint density at radius 3 is 1.81 bits per heavy atom. The first-order valence-electron chi connectivity index (χ1n) is 24.5. The van der Waals surface area contributed by atoms with Crippen molar-refractivity contribution in [3.8, 4) is 40.6 Å². The lowest BCUT2D eigenvalue weighted by atomic mass is 9.87. The van der Waals surface area contributed by atoms with Gasteiger partial charge in [-0.3, -0.25) is 9.97 Å². The number of hydrogen-bond donors (Lipinski definition) is 4. The van der Waals surface area contributed by atoms with E-state index in [9.17, 15) is 4.79 Å². The molecule has 8 aromatic rings. The number of nitrogens with zero attached hydrogens (tertiary/aromatic N) is 4. The summed E-state index contributed by atoms with van der Waals surface area (Å²) < 4.78 is 11.1. The topological polar surface area (TPSA) is 150 Å². The largest absolute Gasteiger partial charge is 0.493 e. The number of rotatable bonds is 3. The lowest BCUT2D eigenvalue weighted by Crippen LogP contribution is -2.15. The lowest BCUT2D eigenvalue weighted by Gasteiger charge is -2.16. The molecule has 0 amide bonds. The van der Waals surface area contributed by atoms with Crippen molar-refractivity contribution in [3.63, 3.8) is 0 Å². The highest BCUT2D eigenvalue weighted by atomic mass is 16.5. The van der Waals surface area contributed by atoms with Gasteiger partial charge < -0.3 is 29.4 Å². The minimum Gasteiger partial charge on any atom is -0.493 e. The first-order chi connectivity index (χ1) is 35.8. The van der Waals surface area contributed by atoms with Crippen molar-refractivity contribution in [2.45, 2.75) is 51.4 Å². The first kappa shape index (κ1) is 45.7. The fourth-order valence-electron chi connectivity index (χ4n) is 9.97. The van der Waals surface area contributed by atoms with Gasteiger partial charge in [-0.25, -0.2) is 14.8 Å². The van der Waals surface area contributed by atoms with Gasteiger partial charge in [0.2, 0.25) is 0 Å². The van der Waals surface area contributed by atoms with Crippen LogP contribution in [0.15, 0.2) is 121 Å². The van der Waals surface area contributed by atoms with Crippen LogP contribution in [-0.2, 0) is 28.4 Å². The summed E-state index contributed by atoms with van der Waals surface area (Å²) in [7, 11) is 3.05. The molecule has 0 spiro atoms. The van der Waals surface area contributed by atoms with Crippen LogP contribution in [0.25, 0.3) is 79.6 Å². The maximum absolute atomic E-state index is 12.1. The van der Waals surface area contributed by atoms with E-state index < -0.39 is 5.97 Å². The number of fused-ring (bicyclic) bond motifs is 16. The molecule has 0 saturated carbocycles. The Morgan fingerprint density at radius 1 is 0.527 bits per heavy atom. The molecule has 11 nitrogen and oxygen atoms in total. The van der Waals surface area contributed by atoms with E-state index >= 15 is 0 Å². The maximum Gasteiger partial charge on any atom is 0.337 e. The molecule has 10 heterocycles. The van der Waals surface area contributed by atoms with Crippen LogP contribution in [0.2, 0.25) is 0 Å². The average molecular weight is 967 g/mol. The molecular weight excluding hydrogens is 917 g/mol. The van der Waals surface area contributed by atoms with Crippen molar-refractivity contribution in [1.29, 1.82) is 0 Å². The fraction of sp³-hybridized carbons (Fsp3) is 0.159. The quantitative estimate of drug-likeness (QED) is 0.102. The summed E-state index contributed by atoms with van der Waals surface area (Å²) in [5, 5.41) is 0. The molecule has 12 rings (SSSR count). The summed E-state index contributed by atoms with van der Waals surface area (Å²) in [4.78, 5) is 46.9. The average Bonchev–Trinajstić information content (AvgIpc) is 4.27. The van der Waals surface area contributed by atoms with E-state index in [1.807, 2.05) is 36.4 Å². The van der Waals surface area contributed by atoms with Crippen LogP contribution in [0, 0.1) is 23.7 Å². The number of ether oxygens (including phenoxy) is 2. The number of benzene rings is 2. The number of aromatic nitrogens is 8. The van der Waals surface area contributed by atoms with E-state index in [2.05, 4.69) is 168 Å². The Bertz CT molecular complexity index is 4190. The predicted molar refractivity (Wildman–Crippen MR) is 295 cm³/mol. The van der Waals surface area contributed by atoms with E-state index in [4.69, 9.17) is 29.4 Å². The van der Waals surface area contributed by atoms with Crippen LogP contribution < -0.4 is 4.74 Å². The molecular formula is C63H50N8O3. The van der Waals surface area contributed by atoms with Crippen LogP contribution >= 0.6 is 0 Å². The molecule has 4 N–H and O–H groups in total. The van der Waals surface area contributed by atoms with Crippen molar-refractivity contribution < 1.29 is 14.3 Å². The van der Waals surface area contributed by atoms with E-state index in [1.54, 1.807) is 19.2 Å². The Labute approximate surface area is 427 Å². The molecule has 0 radical (unpaired) electrons. The second-order valence-corrected chi connectivity index (χ2v) is 20.3. The van der Waals surface area contributed by atoms with Crippen molar-refractivity contribution >= 4 is 74.4 Å². The SMILES string of the molecule is COC(=O)c1ccc(C#Cc2cc3cc4nc(cc5[nH]c(cc6nc(c(OC)c2[nH]3)CC6(C)C)cc5C#Cc2ccc(-c3c5nc(cc6ccc(cc7nc(cc8ccc3[nH]8)C=C7)[nH]6)C=C5)cc2)CC4(C)C)cc1. The van der Waals surface area contributed by atoms with Gasteiger partial charge in [0.05, 0.1) is 70.4 Å². The van der Waals surface area contributed by atoms with Gasteiger partial charge >= 0.3 is 5.97 Å². The Kier molecular flexibility index (Phi) is 11.1. The molecule has 4 aliphatic rings. The van der Waals surface area contributed by atoms with E-state index in [1.165, 1.54) is 7.11 Å². The number of nitrogens with one attached hydrogen (secondary N) is 4. The number of aromatic amines is 4. The second kappa shape index (κ2) is 18.0. The van der Waals surface area contributed by atoms with Gasteiger partial charge in [-0.05, 0) is 139 Å². The molecule has 0 fully saturated rings. The third-order valence-electron chi connectivity index (χ3n) is 13.8. The molecule has 4 aliphatic heterocycles. The van der Waals surface area contributed by atoms with Crippen LogP contribution in [0.3, 0.4) is 0 Å². The van der Waals surface area contributed by atoms with Gasteiger partial charge in [-0.2, -0.15) is 0 Å². The van der Waals surface area contributed by atoms with Gasteiger partial charge in [0.15, 0.2) is 5.75 Å². The van der Waals surface area contributed by atoms with Crippen LogP contribution in [0.4, 0.5) is 0 Å². The molecule has 74 heavy (non-hydrogen) atoms. The standard InChI is InChI=1S/C63H50N8O3/c1-62(2)35-51-32-54-41(17-11-37-7-13-39(14-8-37)58-52-25-23-47(66-52)30-45-21-19-43(64-45)29-44-20-22-46(65-44)31-48-24-26-53(58)67-48)27-49(68-54)33-57-63(3,4)36-55(71-57)60(73-5)59-42(28-50(70-59)34-56(62)69-51)18-12-38-9-15-40(16-10-38)61(72)74-6/h7-10,13-16,19-34,64,67-68,70H,35-36H2,1-6H3. The molecule has 16 bridgehead atoms. The van der Waals surface area contributed by atoms with Crippen molar-refractivity contribution in [2.24, 2.45) is 0 Å². The van der Waals surface area contributed by atoms with Gasteiger partial charge in [-0.15, -0.1) is 0 Å². The monoisotopic (exact) mass is 966 g/mol. The van der Waals surface area contributed by atoms with Crippen molar-refractivity contribution in [3.05, 3.63) is 195 Å². The molecule has 360 valence electrons. The summed E-state index contributed by atoms with van der Waals surface area (Å²) >= 11 is 0. The zero-order valence-electron chi connectivity index (χ0n) is 41.8. The Balaban J connectivity index is 0.954. The predicted octanol–water partition coefficient (Wildman–Crippen LogP) is 12.6. The van der Waals surface area contributed by atoms with Gasteiger partial charge in [0.25, 0.3) is 0 Å². The molecule has 0 saturated heterocycles. The Morgan fingerprint density at radius 2 is 1.11 bits per heavy atom. The normalized spacial score (nSPS) is 13.9. The highest BCUT2D eigenvalue weighted by molar-refractivity contribution is 5.92. The highest BCUT2D eigenvalue weighted by Crippen LogP contribution is 2.38. The minimum absolute atomic E-state index is 0.263. The third kappa shape index (κ3) is 8.97. The summed E-state index contributed by atoms with van der Waals surface area (Å²) in [6.07, 6.45) is 9.56. The number of carbonyl (C=O) groups is 1. The number of hydrogen-bond acceptors (Lipinski definition) is 7. The number of carbonyl (C=O) groups excluding carboxylic acids is 1. The fourth-order valence-corrected chi connectivity index (χ4v) is 9.97. The minimum atomic E-state index is -0.393. The number of H-pyrrole nitrogens is 4. The smallest absolute Gasteiger partial charge is 0.337 e. The van der Waals surface area contributed by atoms with Gasteiger partial charge in [0.1, 0.15) is 0 Å². The van der Waals surface area contributed by atoms with Gasteiger partial charge in [0, 0.05) is 90.5 Å².